The summed E-state index contributed by atoms with van der Waals surface area (Å²) in [7, 11) is 0. The zero-order valence-corrected chi connectivity index (χ0v) is 29.3. The van der Waals surface area contributed by atoms with Gasteiger partial charge in [-0.15, -0.1) is 0 Å². The van der Waals surface area contributed by atoms with Crippen molar-refractivity contribution in [1.82, 2.24) is 10.6 Å². The first kappa shape index (κ1) is 36.9. The molecule has 3 amide bonds. The van der Waals surface area contributed by atoms with Crippen LogP contribution in [-0.2, 0) is 30.8 Å². The number of carbonyl (C=O) groups excluding carboxylic acids is 2. The summed E-state index contributed by atoms with van der Waals surface area (Å²) in [6, 6.07) is 46.0. The molecule has 0 radical (unpaired) electrons. The molecule has 51 heavy (non-hydrogen) atoms. The summed E-state index contributed by atoms with van der Waals surface area (Å²) < 4.78 is 11.6. The van der Waals surface area contributed by atoms with Crippen LogP contribution in [0.15, 0.2) is 140 Å². The van der Waals surface area contributed by atoms with Crippen molar-refractivity contribution < 1.29 is 19.1 Å². The maximum absolute atomic E-state index is 12.1. The minimum atomic E-state index is -0.400. The fraction of sp³-hybridized carbons (Fsp3) is 0.273. The summed E-state index contributed by atoms with van der Waals surface area (Å²) in [5.74, 6) is 1.35. The van der Waals surface area contributed by atoms with Crippen molar-refractivity contribution in [1.29, 1.82) is 0 Å². The number of hydrogen-bond donors (Lipinski definition) is 2. The van der Waals surface area contributed by atoms with E-state index in [1.807, 2.05) is 91.0 Å². The molecule has 5 aromatic carbocycles. The third kappa shape index (κ3) is 13.1. The number of urea groups is 1. The lowest BCUT2D eigenvalue weighted by molar-refractivity contribution is -0.120. The molecule has 0 bridgehead atoms. The fourth-order valence-electron chi connectivity index (χ4n) is 5.82. The van der Waals surface area contributed by atoms with E-state index in [0.29, 0.717) is 31.0 Å². The quantitative estimate of drug-likeness (QED) is 0.128. The van der Waals surface area contributed by atoms with Crippen molar-refractivity contribution in [2.24, 2.45) is 0 Å². The van der Waals surface area contributed by atoms with Crippen LogP contribution in [0.2, 0.25) is 0 Å². The molecule has 2 N–H and O–H groups in total. The number of imide groups is 1. The number of unbranched alkanes of at least 4 members (excludes halogenated alkanes) is 1. The molecule has 0 spiro atoms. The van der Waals surface area contributed by atoms with Crippen LogP contribution in [0.25, 0.3) is 0 Å². The SMILES string of the molecule is O=C1CCN(c2cccc(OCc3ccc(CNCCCCOc4ccccc4)cc3)c2)C(=O)N1.c1ccc2c(c1)CCCC2.c1ccccc1. The maximum atomic E-state index is 12.1. The van der Waals surface area contributed by atoms with Crippen molar-refractivity contribution in [2.75, 3.05) is 24.6 Å². The molecule has 1 saturated heterocycles. The zero-order chi connectivity index (χ0) is 35.4. The number of nitrogens with zero attached hydrogens (tertiary/aromatic N) is 1. The van der Waals surface area contributed by atoms with Crippen LogP contribution in [0.4, 0.5) is 10.5 Å². The smallest absolute Gasteiger partial charge is 0.328 e. The van der Waals surface area contributed by atoms with Gasteiger partial charge in [0, 0.05) is 31.3 Å². The average Bonchev–Trinajstić information content (AvgIpc) is 3.19. The summed E-state index contributed by atoms with van der Waals surface area (Å²) >= 11 is 0. The van der Waals surface area contributed by atoms with E-state index < -0.39 is 6.03 Å². The van der Waals surface area contributed by atoms with Gasteiger partial charge in [-0.2, -0.15) is 0 Å². The molecule has 0 unspecified atom stereocenters. The van der Waals surface area contributed by atoms with Gasteiger partial charge in [0.05, 0.1) is 6.61 Å². The van der Waals surface area contributed by atoms with Crippen molar-refractivity contribution in [2.45, 2.75) is 58.1 Å². The van der Waals surface area contributed by atoms with E-state index in [1.54, 1.807) is 16.0 Å². The van der Waals surface area contributed by atoms with Gasteiger partial charge in [0.15, 0.2) is 0 Å². The second-order valence-corrected chi connectivity index (χ2v) is 12.5. The molecule has 1 heterocycles. The number of rotatable bonds is 12. The standard InChI is InChI=1S/C28H31N3O4.C10H12.C6H6/c32-27-15-17-31(28(33)30-27)24-7-6-10-26(19-24)35-21-23-13-11-22(12-14-23)20-29-16-4-5-18-34-25-8-2-1-3-9-25;1-2-6-10-8-4-3-7-9(10)5-1;1-2-4-6-5-3-1/h1-3,6-14,19,29H,4-5,15-18,20-21H2,(H,30,32,33);1-2,5-6H,3-4,7-8H2;1-6H. The lowest BCUT2D eigenvalue weighted by Crippen LogP contribution is -2.49. The van der Waals surface area contributed by atoms with Crippen molar-refractivity contribution in [3.8, 4) is 11.5 Å². The highest BCUT2D eigenvalue weighted by Gasteiger charge is 2.24. The monoisotopic (exact) mass is 683 g/mol. The minimum Gasteiger partial charge on any atom is -0.494 e. The second-order valence-electron chi connectivity index (χ2n) is 12.5. The molecule has 7 nitrogen and oxygen atoms in total. The number of fused-ring (bicyclic) bond motifs is 1. The molecule has 7 rings (SSSR count). The molecular weight excluding hydrogens is 635 g/mol. The van der Waals surface area contributed by atoms with Crippen LogP contribution < -0.4 is 25.0 Å². The van der Waals surface area contributed by atoms with Gasteiger partial charge < -0.3 is 14.8 Å². The lowest BCUT2D eigenvalue weighted by Gasteiger charge is -2.26. The summed E-state index contributed by atoms with van der Waals surface area (Å²) in [4.78, 5) is 25.0. The van der Waals surface area contributed by atoms with E-state index in [9.17, 15) is 9.59 Å². The third-order valence-corrected chi connectivity index (χ3v) is 8.63. The van der Waals surface area contributed by atoms with Crippen LogP contribution in [0, 0.1) is 0 Å². The first-order valence-corrected chi connectivity index (χ1v) is 18.0. The van der Waals surface area contributed by atoms with Gasteiger partial charge in [0.1, 0.15) is 18.1 Å². The third-order valence-electron chi connectivity index (χ3n) is 8.63. The Labute approximate surface area is 302 Å². The predicted molar refractivity (Wildman–Crippen MR) is 205 cm³/mol. The van der Waals surface area contributed by atoms with Crippen molar-refractivity contribution >= 4 is 17.6 Å². The topological polar surface area (TPSA) is 79.9 Å². The van der Waals surface area contributed by atoms with Crippen LogP contribution >= 0.6 is 0 Å². The molecule has 0 aromatic heterocycles. The molecule has 1 aliphatic carbocycles. The van der Waals surface area contributed by atoms with Crippen LogP contribution in [0.3, 0.4) is 0 Å². The van der Waals surface area contributed by atoms with Crippen molar-refractivity contribution in [3.63, 3.8) is 0 Å². The van der Waals surface area contributed by atoms with Gasteiger partial charge in [-0.3, -0.25) is 15.0 Å². The maximum Gasteiger partial charge on any atom is 0.328 e. The van der Waals surface area contributed by atoms with E-state index in [4.69, 9.17) is 9.47 Å². The van der Waals surface area contributed by atoms with Gasteiger partial charge in [0.25, 0.3) is 0 Å². The molecule has 1 aliphatic heterocycles. The van der Waals surface area contributed by atoms with E-state index in [0.717, 1.165) is 43.9 Å². The Morgan fingerprint density at radius 2 is 1.22 bits per heavy atom. The summed E-state index contributed by atoms with van der Waals surface area (Å²) in [6.45, 7) is 3.30. The molecular formula is C44H49N3O4. The summed E-state index contributed by atoms with van der Waals surface area (Å²) in [6.07, 6.45) is 7.74. The van der Waals surface area contributed by atoms with Gasteiger partial charge in [0.2, 0.25) is 5.91 Å². The second kappa shape index (κ2) is 21.0. The van der Waals surface area contributed by atoms with Crippen LogP contribution in [-0.4, -0.2) is 31.6 Å². The average molecular weight is 684 g/mol. The van der Waals surface area contributed by atoms with E-state index in [2.05, 4.69) is 59.2 Å². The Morgan fingerprint density at radius 3 is 1.88 bits per heavy atom. The lowest BCUT2D eigenvalue weighted by atomic mass is 9.92. The Kier molecular flexibility index (Phi) is 15.2. The number of carbonyl (C=O) groups is 2. The number of hydrogen-bond acceptors (Lipinski definition) is 5. The number of para-hydroxylation sites is 1. The number of aryl methyl sites for hydroxylation is 2. The van der Waals surface area contributed by atoms with E-state index in [-0.39, 0.29) is 5.91 Å². The Morgan fingerprint density at radius 1 is 0.608 bits per heavy atom. The Balaban J connectivity index is 0.000000255. The van der Waals surface area contributed by atoms with Gasteiger partial charge in [-0.1, -0.05) is 109 Å². The minimum absolute atomic E-state index is 0.245. The van der Waals surface area contributed by atoms with Gasteiger partial charge >= 0.3 is 6.03 Å². The molecule has 0 atom stereocenters. The first-order valence-electron chi connectivity index (χ1n) is 18.0. The number of benzene rings is 5. The van der Waals surface area contributed by atoms with Crippen LogP contribution in [0.1, 0.15) is 54.4 Å². The van der Waals surface area contributed by atoms with Gasteiger partial charge in [-0.25, -0.2) is 4.79 Å². The summed E-state index contributed by atoms with van der Waals surface area (Å²) in [5.41, 5.74) is 6.16. The molecule has 2 aliphatic rings. The van der Waals surface area contributed by atoms with Gasteiger partial charge in [-0.05, 0) is 91.6 Å². The highest BCUT2D eigenvalue weighted by molar-refractivity contribution is 6.05. The number of anilines is 1. The molecule has 7 heteroatoms. The predicted octanol–water partition coefficient (Wildman–Crippen LogP) is 8.91. The highest BCUT2D eigenvalue weighted by atomic mass is 16.5. The molecule has 1 fully saturated rings. The largest absolute Gasteiger partial charge is 0.494 e. The molecule has 264 valence electrons. The van der Waals surface area contributed by atoms with E-state index in [1.165, 1.54) is 31.2 Å². The highest BCUT2D eigenvalue weighted by Crippen LogP contribution is 2.24. The van der Waals surface area contributed by atoms with Crippen molar-refractivity contribution in [3.05, 3.63) is 162 Å². The number of ether oxygens (including phenoxy) is 2. The normalized spacial score (nSPS) is 13.4. The first-order chi connectivity index (χ1) is 25.1. The molecule has 0 saturated carbocycles. The number of amides is 3. The number of nitrogens with one attached hydrogen (secondary N) is 2. The Hall–Kier alpha value is -5.40. The Bertz CT molecular complexity index is 1690. The van der Waals surface area contributed by atoms with E-state index >= 15 is 0 Å². The summed E-state index contributed by atoms with van der Waals surface area (Å²) in [5, 5.41) is 5.82. The zero-order valence-electron chi connectivity index (χ0n) is 29.3. The molecule has 5 aromatic rings. The van der Waals surface area contributed by atoms with Crippen LogP contribution in [0.5, 0.6) is 11.5 Å². The fourth-order valence-corrected chi connectivity index (χ4v) is 5.82.